The van der Waals surface area contributed by atoms with Crippen LogP contribution in [0.15, 0.2) is 6.33 Å². The van der Waals surface area contributed by atoms with Gasteiger partial charge in [-0.2, -0.15) is 0 Å². The van der Waals surface area contributed by atoms with Gasteiger partial charge < -0.3 is 15.4 Å². The molecule has 0 fully saturated rings. The van der Waals surface area contributed by atoms with Crippen LogP contribution in [0.5, 0.6) is 0 Å². The van der Waals surface area contributed by atoms with Crippen LogP contribution < -0.4 is 5.32 Å². The van der Waals surface area contributed by atoms with E-state index >= 15 is 0 Å². The van der Waals surface area contributed by atoms with Gasteiger partial charge >= 0.3 is 5.82 Å². The summed E-state index contributed by atoms with van der Waals surface area (Å²) < 4.78 is 1.62. The lowest BCUT2D eigenvalue weighted by Gasteiger charge is -2.17. The Morgan fingerprint density at radius 3 is 2.60 bits per heavy atom. The Bertz CT molecular complexity index is 359. The van der Waals surface area contributed by atoms with Crippen LogP contribution >= 0.6 is 0 Å². The summed E-state index contributed by atoms with van der Waals surface area (Å²) >= 11 is 0. The first-order valence-corrected chi connectivity index (χ1v) is 4.85. The lowest BCUT2D eigenvalue weighted by Crippen LogP contribution is -2.23. The molecule has 0 aromatic carbocycles. The Balaban J connectivity index is 2.92. The number of hydrogen-bond acceptors (Lipinski definition) is 4. The lowest BCUT2D eigenvalue weighted by molar-refractivity contribution is -0.388. The molecular weight excluding hydrogens is 196 g/mol. The summed E-state index contributed by atoms with van der Waals surface area (Å²) in [5, 5.41) is 13.8. The monoisotopic (exact) mass is 212 g/mol. The zero-order valence-electron chi connectivity index (χ0n) is 9.39. The Labute approximate surface area is 88.5 Å². The van der Waals surface area contributed by atoms with E-state index in [9.17, 15) is 10.1 Å². The molecule has 0 aliphatic rings. The zero-order valence-corrected chi connectivity index (χ0v) is 9.39. The molecule has 0 radical (unpaired) electrons. The van der Waals surface area contributed by atoms with Crippen LogP contribution in [-0.2, 0) is 7.05 Å². The van der Waals surface area contributed by atoms with Gasteiger partial charge in [0.2, 0.25) is 12.1 Å². The zero-order chi connectivity index (χ0) is 11.6. The van der Waals surface area contributed by atoms with E-state index in [1.807, 2.05) is 6.92 Å². The average Bonchev–Trinajstić information content (AvgIpc) is 2.48. The largest absolute Gasteiger partial charge is 0.406 e. The molecule has 1 N–H and O–H groups in total. The molecule has 84 valence electrons. The molecule has 1 aromatic heterocycles. The Morgan fingerprint density at radius 1 is 1.53 bits per heavy atom. The van der Waals surface area contributed by atoms with Gasteiger partial charge in [0.25, 0.3) is 0 Å². The van der Waals surface area contributed by atoms with Gasteiger partial charge in [0, 0.05) is 13.1 Å². The Hall–Kier alpha value is -1.59. The predicted molar refractivity (Wildman–Crippen MR) is 57.8 cm³/mol. The molecule has 1 atom stereocenters. The van der Waals surface area contributed by atoms with Gasteiger partial charge in [-0.05, 0) is 22.7 Å². The van der Waals surface area contributed by atoms with E-state index in [1.54, 1.807) is 11.6 Å². The molecule has 0 saturated carbocycles. The van der Waals surface area contributed by atoms with Crippen molar-refractivity contribution in [2.75, 3.05) is 5.32 Å². The van der Waals surface area contributed by atoms with Gasteiger partial charge in [0.05, 0.1) is 0 Å². The van der Waals surface area contributed by atoms with Crippen molar-refractivity contribution in [2.24, 2.45) is 13.0 Å². The highest BCUT2D eigenvalue weighted by atomic mass is 16.6. The third-order valence-electron chi connectivity index (χ3n) is 2.46. The fourth-order valence-electron chi connectivity index (χ4n) is 1.10. The van der Waals surface area contributed by atoms with Crippen LogP contribution in [0.4, 0.5) is 11.6 Å². The highest BCUT2D eigenvalue weighted by Crippen LogP contribution is 2.22. The van der Waals surface area contributed by atoms with Crippen LogP contribution in [0.25, 0.3) is 0 Å². The van der Waals surface area contributed by atoms with E-state index in [2.05, 4.69) is 24.1 Å². The maximum atomic E-state index is 10.7. The molecule has 1 rings (SSSR count). The fraction of sp³-hybridized carbons (Fsp3) is 0.667. The molecule has 6 nitrogen and oxygen atoms in total. The van der Waals surface area contributed by atoms with Crippen molar-refractivity contribution < 1.29 is 4.92 Å². The Kier molecular flexibility index (Phi) is 3.28. The number of anilines is 1. The van der Waals surface area contributed by atoms with Gasteiger partial charge in [-0.3, -0.25) is 4.57 Å². The molecule has 1 aromatic rings. The van der Waals surface area contributed by atoms with Gasteiger partial charge in [0.15, 0.2) is 0 Å². The first-order chi connectivity index (χ1) is 6.93. The van der Waals surface area contributed by atoms with Gasteiger partial charge in [-0.15, -0.1) is 0 Å². The summed E-state index contributed by atoms with van der Waals surface area (Å²) in [5.74, 6) is 0.741. The van der Waals surface area contributed by atoms with Gasteiger partial charge in [0.1, 0.15) is 0 Å². The third kappa shape index (κ3) is 2.45. The maximum absolute atomic E-state index is 10.7. The first kappa shape index (κ1) is 11.5. The predicted octanol–water partition coefficient (Wildman–Crippen LogP) is 1.78. The number of nitro groups is 1. The van der Waals surface area contributed by atoms with Crippen molar-refractivity contribution >= 4 is 11.6 Å². The van der Waals surface area contributed by atoms with Gasteiger partial charge in [-0.1, -0.05) is 13.8 Å². The molecule has 0 saturated heterocycles. The summed E-state index contributed by atoms with van der Waals surface area (Å²) in [5.41, 5.74) is 0. The van der Waals surface area contributed by atoms with E-state index in [-0.39, 0.29) is 11.9 Å². The number of nitrogens with zero attached hydrogens (tertiary/aromatic N) is 3. The van der Waals surface area contributed by atoms with E-state index < -0.39 is 4.92 Å². The molecule has 0 aliphatic heterocycles. The van der Waals surface area contributed by atoms with Crippen LogP contribution in [0, 0.1) is 16.0 Å². The molecule has 1 heterocycles. The van der Waals surface area contributed by atoms with Crippen LogP contribution in [-0.4, -0.2) is 20.5 Å². The SMILES string of the molecule is CC(C)[C@H](C)Nc1c([N+](=O)[O-])ncn1C. The lowest BCUT2D eigenvalue weighted by atomic mass is 10.1. The number of hydrogen-bond donors (Lipinski definition) is 1. The van der Waals surface area contributed by atoms with Crippen molar-refractivity contribution in [1.82, 2.24) is 9.55 Å². The highest BCUT2D eigenvalue weighted by Gasteiger charge is 2.21. The molecule has 0 unspecified atom stereocenters. The van der Waals surface area contributed by atoms with Crippen molar-refractivity contribution in [2.45, 2.75) is 26.8 Å². The molecular formula is C9H16N4O2. The first-order valence-electron chi connectivity index (χ1n) is 4.85. The summed E-state index contributed by atoms with van der Waals surface area (Å²) in [6, 6.07) is 0.166. The van der Waals surface area contributed by atoms with E-state index in [4.69, 9.17) is 0 Å². The summed E-state index contributed by atoms with van der Waals surface area (Å²) in [4.78, 5) is 13.9. The van der Waals surface area contributed by atoms with Crippen LogP contribution in [0.1, 0.15) is 20.8 Å². The van der Waals surface area contributed by atoms with Crippen LogP contribution in [0.2, 0.25) is 0 Å². The minimum atomic E-state index is -0.477. The second kappa shape index (κ2) is 4.29. The van der Waals surface area contributed by atoms with Crippen molar-refractivity contribution in [3.8, 4) is 0 Å². The number of rotatable bonds is 4. The maximum Gasteiger partial charge on any atom is 0.406 e. The standard InChI is InChI=1S/C9H16N4O2/c1-6(2)7(3)11-9-8(13(14)15)10-5-12(9)4/h5-7,11H,1-4H3/t7-/m0/s1. The molecule has 6 heteroatoms. The van der Waals surface area contributed by atoms with Gasteiger partial charge in [-0.25, -0.2) is 0 Å². The smallest absolute Gasteiger partial charge is 0.362 e. The normalized spacial score (nSPS) is 12.9. The quantitative estimate of drug-likeness (QED) is 0.610. The van der Waals surface area contributed by atoms with Crippen molar-refractivity contribution in [1.29, 1.82) is 0 Å². The average molecular weight is 212 g/mol. The van der Waals surface area contributed by atoms with E-state index in [0.717, 1.165) is 0 Å². The molecule has 0 bridgehead atoms. The Morgan fingerprint density at radius 2 is 2.13 bits per heavy atom. The molecule has 0 amide bonds. The highest BCUT2D eigenvalue weighted by molar-refractivity contribution is 5.52. The third-order valence-corrected chi connectivity index (χ3v) is 2.46. The van der Waals surface area contributed by atoms with E-state index in [0.29, 0.717) is 11.7 Å². The van der Waals surface area contributed by atoms with Crippen molar-refractivity contribution in [3.63, 3.8) is 0 Å². The summed E-state index contributed by atoms with van der Waals surface area (Å²) in [6.45, 7) is 6.10. The number of imidazole rings is 1. The fourth-order valence-corrected chi connectivity index (χ4v) is 1.10. The molecule has 0 aliphatic carbocycles. The second-order valence-electron chi connectivity index (χ2n) is 3.96. The topological polar surface area (TPSA) is 73.0 Å². The summed E-state index contributed by atoms with van der Waals surface area (Å²) in [6.07, 6.45) is 1.44. The molecule has 15 heavy (non-hydrogen) atoms. The molecule has 0 spiro atoms. The van der Waals surface area contributed by atoms with Crippen LogP contribution in [0.3, 0.4) is 0 Å². The summed E-state index contributed by atoms with van der Waals surface area (Å²) in [7, 11) is 1.73. The number of aromatic nitrogens is 2. The second-order valence-corrected chi connectivity index (χ2v) is 3.96. The number of aryl methyl sites for hydroxylation is 1. The minimum absolute atomic E-state index is 0.120. The minimum Gasteiger partial charge on any atom is -0.362 e. The van der Waals surface area contributed by atoms with Crippen molar-refractivity contribution in [3.05, 3.63) is 16.4 Å². The number of nitrogens with one attached hydrogen (secondary N) is 1. The van der Waals surface area contributed by atoms with E-state index in [1.165, 1.54) is 6.33 Å².